The number of aryl methyl sites for hydroxylation is 1. The first-order chi connectivity index (χ1) is 10.8. The van der Waals surface area contributed by atoms with Gasteiger partial charge in [0.25, 0.3) is 0 Å². The summed E-state index contributed by atoms with van der Waals surface area (Å²) in [6, 6.07) is 14.0. The number of nitrogens with one attached hydrogen (secondary N) is 2. The summed E-state index contributed by atoms with van der Waals surface area (Å²) in [6.45, 7) is 0.845. The molecule has 0 aliphatic heterocycles. The second kappa shape index (κ2) is 7.02. The molecule has 0 bridgehead atoms. The zero-order valence-electron chi connectivity index (χ0n) is 12.5. The van der Waals surface area contributed by atoms with Gasteiger partial charge in [-0.15, -0.1) is 10.2 Å². The van der Waals surface area contributed by atoms with Crippen LogP contribution in [0.5, 0.6) is 0 Å². The van der Waals surface area contributed by atoms with Crippen LogP contribution in [0.4, 0.5) is 11.6 Å². The lowest BCUT2D eigenvalue weighted by atomic mass is 10.1. The van der Waals surface area contributed by atoms with Gasteiger partial charge in [-0.3, -0.25) is 4.79 Å². The minimum atomic E-state index is 0.0536. The second-order valence-electron chi connectivity index (χ2n) is 5.58. The van der Waals surface area contributed by atoms with Gasteiger partial charge >= 0.3 is 0 Å². The highest BCUT2D eigenvalue weighted by atomic mass is 16.2. The van der Waals surface area contributed by atoms with Crippen LogP contribution < -0.4 is 10.6 Å². The molecule has 1 aromatic carbocycles. The van der Waals surface area contributed by atoms with E-state index >= 15 is 0 Å². The van der Waals surface area contributed by atoms with Crippen molar-refractivity contribution in [2.24, 2.45) is 5.92 Å². The summed E-state index contributed by atoms with van der Waals surface area (Å²) < 4.78 is 0. The number of nitrogens with zero attached hydrogens (tertiary/aromatic N) is 2. The topological polar surface area (TPSA) is 66.9 Å². The maximum Gasteiger partial charge on any atom is 0.228 e. The van der Waals surface area contributed by atoms with E-state index in [-0.39, 0.29) is 11.8 Å². The third kappa shape index (κ3) is 4.28. The molecule has 1 heterocycles. The van der Waals surface area contributed by atoms with Crippen LogP contribution in [0.2, 0.25) is 0 Å². The highest BCUT2D eigenvalue weighted by Gasteiger charge is 2.29. The number of amides is 1. The summed E-state index contributed by atoms with van der Waals surface area (Å²) in [7, 11) is 0. The second-order valence-corrected chi connectivity index (χ2v) is 5.58. The normalized spacial score (nSPS) is 13.6. The summed E-state index contributed by atoms with van der Waals surface area (Å²) in [6.07, 6.45) is 4.04. The van der Waals surface area contributed by atoms with E-state index in [0.29, 0.717) is 5.82 Å². The quantitative estimate of drug-likeness (QED) is 0.771. The molecule has 0 radical (unpaired) electrons. The maximum absolute atomic E-state index is 11.6. The number of rotatable bonds is 7. The Morgan fingerprint density at radius 1 is 1.05 bits per heavy atom. The van der Waals surface area contributed by atoms with Crippen LogP contribution >= 0.6 is 0 Å². The SMILES string of the molecule is O=C(Nc1ccc(NCCCc2ccccc2)nn1)C1CC1. The van der Waals surface area contributed by atoms with E-state index in [9.17, 15) is 4.79 Å². The molecule has 1 fully saturated rings. The van der Waals surface area contributed by atoms with Crippen molar-refractivity contribution in [2.45, 2.75) is 25.7 Å². The number of aromatic nitrogens is 2. The Hall–Kier alpha value is -2.43. The Labute approximate surface area is 130 Å². The molecular formula is C17H20N4O. The zero-order chi connectivity index (χ0) is 15.2. The van der Waals surface area contributed by atoms with Crippen molar-refractivity contribution in [3.63, 3.8) is 0 Å². The lowest BCUT2D eigenvalue weighted by Gasteiger charge is -2.06. The summed E-state index contributed by atoms with van der Waals surface area (Å²) in [5.41, 5.74) is 1.34. The Morgan fingerprint density at radius 3 is 2.45 bits per heavy atom. The molecule has 2 N–H and O–H groups in total. The van der Waals surface area contributed by atoms with Gasteiger partial charge in [0.1, 0.15) is 5.82 Å². The van der Waals surface area contributed by atoms with E-state index in [1.165, 1.54) is 5.56 Å². The number of benzene rings is 1. The first-order valence-electron chi connectivity index (χ1n) is 7.73. The van der Waals surface area contributed by atoms with Crippen LogP contribution in [0, 0.1) is 5.92 Å². The van der Waals surface area contributed by atoms with Crippen LogP contribution in [-0.2, 0) is 11.2 Å². The Balaban J connectivity index is 1.40. The molecule has 22 heavy (non-hydrogen) atoms. The average Bonchev–Trinajstić information content (AvgIpc) is 3.39. The van der Waals surface area contributed by atoms with Crippen molar-refractivity contribution in [3.05, 3.63) is 48.0 Å². The predicted octanol–water partition coefficient (Wildman–Crippen LogP) is 2.87. The van der Waals surface area contributed by atoms with Crippen molar-refractivity contribution in [1.82, 2.24) is 10.2 Å². The van der Waals surface area contributed by atoms with Gasteiger partial charge in [-0.25, -0.2) is 0 Å². The van der Waals surface area contributed by atoms with Crippen molar-refractivity contribution in [3.8, 4) is 0 Å². The highest BCUT2D eigenvalue weighted by Crippen LogP contribution is 2.29. The summed E-state index contributed by atoms with van der Waals surface area (Å²) >= 11 is 0. The van der Waals surface area contributed by atoms with Crippen molar-refractivity contribution in [2.75, 3.05) is 17.2 Å². The molecule has 1 aromatic heterocycles. The van der Waals surface area contributed by atoms with Gasteiger partial charge in [-0.05, 0) is 43.4 Å². The highest BCUT2D eigenvalue weighted by molar-refractivity contribution is 5.93. The van der Waals surface area contributed by atoms with E-state index in [4.69, 9.17) is 0 Å². The summed E-state index contributed by atoms with van der Waals surface area (Å²) in [4.78, 5) is 11.6. The Morgan fingerprint density at radius 2 is 1.77 bits per heavy atom. The first kappa shape index (κ1) is 14.5. The number of anilines is 2. The molecule has 0 saturated heterocycles. The van der Waals surface area contributed by atoms with Crippen LogP contribution in [0.15, 0.2) is 42.5 Å². The number of carbonyl (C=O) groups excluding carboxylic acids is 1. The maximum atomic E-state index is 11.6. The largest absolute Gasteiger partial charge is 0.369 e. The molecule has 0 atom stereocenters. The van der Waals surface area contributed by atoms with Crippen molar-refractivity contribution >= 4 is 17.5 Å². The van der Waals surface area contributed by atoms with E-state index in [1.807, 2.05) is 12.1 Å². The fourth-order valence-corrected chi connectivity index (χ4v) is 2.22. The van der Waals surface area contributed by atoms with Gasteiger partial charge in [0, 0.05) is 12.5 Å². The number of hydrogen-bond donors (Lipinski definition) is 2. The van der Waals surface area contributed by atoms with Crippen LogP contribution in [0.25, 0.3) is 0 Å². The van der Waals surface area contributed by atoms with Crippen molar-refractivity contribution < 1.29 is 4.79 Å². The smallest absolute Gasteiger partial charge is 0.228 e. The minimum Gasteiger partial charge on any atom is -0.369 e. The molecule has 1 saturated carbocycles. The predicted molar refractivity (Wildman–Crippen MR) is 86.6 cm³/mol. The lowest BCUT2D eigenvalue weighted by Crippen LogP contribution is -2.15. The number of hydrogen-bond acceptors (Lipinski definition) is 4. The van der Waals surface area contributed by atoms with Gasteiger partial charge in [-0.1, -0.05) is 30.3 Å². The Bertz CT molecular complexity index is 608. The summed E-state index contributed by atoms with van der Waals surface area (Å²) in [5, 5.41) is 14.1. The Kier molecular flexibility index (Phi) is 4.63. The molecule has 114 valence electrons. The third-order valence-corrected chi connectivity index (χ3v) is 3.66. The van der Waals surface area contributed by atoms with Crippen LogP contribution in [0.1, 0.15) is 24.8 Å². The van der Waals surface area contributed by atoms with Crippen molar-refractivity contribution in [1.29, 1.82) is 0 Å². The molecule has 0 unspecified atom stereocenters. The molecular weight excluding hydrogens is 276 g/mol. The van der Waals surface area contributed by atoms with Crippen LogP contribution in [0.3, 0.4) is 0 Å². The first-order valence-corrected chi connectivity index (χ1v) is 7.73. The molecule has 0 spiro atoms. The van der Waals surface area contributed by atoms with E-state index in [0.717, 1.165) is 38.0 Å². The average molecular weight is 296 g/mol. The molecule has 2 aromatic rings. The van der Waals surface area contributed by atoms with E-state index in [1.54, 1.807) is 6.07 Å². The van der Waals surface area contributed by atoms with E-state index < -0.39 is 0 Å². The van der Waals surface area contributed by atoms with E-state index in [2.05, 4.69) is 45.1 Å². The fraction of sp³-hybridized carbons (Fsp3) is 0.353. The molecule has 3 rings (SSSR count). The van der Waals surface area contributed by atoms with Crippen LogP contribution in [-0.4, -0.2) is 22.6 Å². The molecule has 5 heteroatoms. The molecule has 1 amide bonds. The molecule has 1 aliphatic rings. The van der Waals surface area contributed by atoms with Gasteiger partial charge in [0.2, 0.25) is 5.91 Å². The van der Waals surface area contributed by atoms with Gasteiger partial charge < -0.3 is 10.6 Å². The standard InChI is InChI=1S/C17H20N4O/c22-17(14-8-9-14)19-16-11-10-15(20-21-16)18-12-4-7-13-5-2-1-3-6-13/h1-3,5-6,10-11,14H,4,7-9,12H2,(H,18,20)(H,19,21,22). The van der Waals surface area contributed by atoms with Gasteiger partial charge in [-0.2, -0.15) is 0 Å². The lowest BCUT2D eigenvalue weighted by molar-refractivity contribution is -0.117. The van der Waals surface area contributed by atoms with Gasteiger partial charge in [0.15, 0.2) is 5.82 Å². The number of carbonyl (C=O) groups is 1. The summed E-state index contributed by atoms with van der Waals surface area (Å²) in [5.74, 6) is 1.49. The third-order valence-electron chi connectivity index (χ3n) is 3.66. The zero-order valence-corrected chi connectivity index (χ0v) is 12.5. The molecule has 5 nitrogen and oxygen atoms in total. The monoisotopic (exact) mass is 296 g/mol. The fourth-order valence-electron chi connectivity index (χ4n) is 2.22. The van der Waals surface area contributed by atoms with Gasteiger partial charge in [0.05, 0.1) is 0 Å². The minimum absolute atomic E-state index is 0.0536. The molecule has 1 aliphatic carbocycles.